The molecule has 3 aromatic rings. The van der Waals surface area contributed by atoms with Gasteiger partial charge in [-0.25, -0.2) is 4.98 Å². The van der Waals surface area contributed by atoms with Crippen LogP contribution in [0.15, 0.2) is 42.5 Å². The molecule has 3 rings (SSSR count). The van der Waals surface area contributed by atoms with Crippen LogP contribution >= 0.6 is 0 Å². The molecule has 25 heavy (non-hydrogen) atoms. The summed E-state index contributed by atoms with van der Waals surface area (Å²) in [6.07, 6.45) is 0.862. The zero-order chi connectivity index (χ0) is 18.0. The van der Waals surface area contributed by atoms with Gasteiger partial charge in [-0.15, -0.1) is 0 Å². The lowest BCUT2D eigenvalue weighted by molar-refractivity contribution is 0.0940. The third-order valence-corrected chi connectivity index (χ3v) is 4.52. The zero-order valence-corrected chi connectivity index (χ0v) is 15.0. The molecule has 1 heterocycles. The van der Waals surface area contributed by atoms with Gasteiger partial charge in [-0.2, -0.15) is 0 Å². The minimum absolute atomic E-state index is 0.0935. The average molecular weight is 337 g/mol. The van der Waals surface area contributed by atoms with Gasteiger partial charge in [0.2, 0.25) is 0 Å². The van der Waals surface area contributed by atoms with Crippen molar-refractivity contribution in [1.29, 1.82) is 0 Å². The van der Waals surface area contributed by atoms with Gasteiger partial charge in [0.25, 0.3) is 5.91 Å². The molecule has 2 aromatic carbocycles. The minimum Gasteiger partial charge on any atom is -0.497 e. The highest BCUT2D eigenvalue weighted by atomic mass is 16.5. The van der Waals surface area contributed by atoms with Crippen LogP contribution in [-0.4, -0.2) is 22.6 Å². The molecular weight excluding hydrogens is 314 g/mol. The Morgan fingerprint density at radius 3 is 2.60 bits per heavy atom. The Morgan fingerprint density at radius 1 is 1.24 bits per heavy atom. The molecule has 130 valence electrons. The Hall–Kier alpha value is -2.82. The third kappa shape index (κ3) is 3.36. The first-order chi connectivity index (χ1) is 12.0. The van der Waals surface area contributed by atoms with Crippen LogP contribution < -0.4 is 10.1 Å². The van der Waals surface area contributed by atoms with Crippen molar-refractivity contribution >= 4 is 16.9 Å². The third-order valence-electron chi connectivity index (χ3n) is 4.52. The van der Waals surface area contributed by atoms with E-state index in [0.29, 0.717) is 5.56 Å². The topological polar surface area (TPSA) is 56.1 Å². The number of hydrogen-bond donors (Lipinski definition) is 1. The Balaban J connectivity index is 1.79. The lowest BCUT2D eigenvalue weighted by Crippen LogP contribution is -2.26. The number of imidazole rings is 1. The Kier molecular flexibility index (Phi) is 4.74. The molecule has 0 spiro atoms. The maximum atomic E-state index is 12.6. The molecule has 0 saturated heterocycles. The molecular formula is C20H23N3O2. The molecule has 0 saturated carbocycles. The lowest BCUT2D eigenvalue weighted by Gasteiger charge is -2.15. The zero-order valence-electron chi connectivity index (χ0n) is 15.0. The van der Waals surface area contributed by atoms with E-state index >= 15 is 0 Å². The van der Waals surface area contributed by atoms with Crippen molar-refractivity contribution in [3.05, 3.63) is 59.4 Å². The molecule has 1 amide bonds. The monoisotopic (exact) mass is 337 g/mol. The first-order valence-electron chi connectivity index (χ1n) is 8.43. The number of benzene rings is 2. The smallest absolute Gasteiger partial charge is 0.251 e. The van der Waals surface area contributed by atoms with E-state index in [-0.39, 0.29) is 11.9 Å². The van der Waals surface area contributed by atoms with Gasteiger partial charge in [-0.1, -0.05) is 19.1 Å². The van der Waals surface area contributed by atoms with Crippen LogP contribution in [0.1, 0.15) is 41.6 Å². The molecule has 0 radical (unpaired) electrons. The van der Waals surface area contributed by atoms with E-state index in [9.17, 15) is 4.79 Å². The predicted octanol–water partition coefficient (Wildman–Crippen LogP) is 3.64. The highest BCUT2D eigenvalue weighted by Gasteiger charge is 2.14. The molecule has 0 fully saturated rings. The van der Waals surface area contributed by atoms with Crippen molar-refractivity contribution in [2.24, 2.45) is 7.05 Å². The van der Waals surface area contributed by atoms with E-state index in [1.165, 1.54) is 0 Å². The number of carbonyl (C=O) groups excluding carboxylic acids is 1. The van der Waals surface area contributed by atoms with Gasteiger partial charge in [-0.3, -0.25) is 4.79 Å². The summed E-state index contributed by atoms with van der Waals surface area (Å²) in [7, 11) is 3.64. The van der Waals surface area contributed by atoms with E-state index in [1.807, 2.05) is 56.4 Å². The molecule has 0 aliphatic heterocycles. The number of amides is 1. The number of ether oxygens (including phenoxy) is 1. The van der Waals surface area contributed by atoms with Gasteiger partial charge in [-0.05, 0) is 42.8 Å². The van der Waals surface area contributed by atoms with E-state index < -0.39 is 0 Å². The molecule has 1 aromatic heterocycles. The second kappa shape index (κ2) is 6.97. The van der Waals surface area contributed by atoms with Gasteiger partial charge in [0, 0.05) is 19.0 Å². The van der Waals surface area contributed by atoms with E-state index in [2.05, 4.69) is 21.8 Å². The number of aromatic nitrogens is 2. The molecule has 0 bridgehead atoms. The predicted molar refractivity (Wildman–Crippen MR) is 99.0 cm³/mol. The summed E-state index contributed by atoms with van der Waals surface area (Å²) in [6.45, 7) is 4.04. The Bertz CT molecular complexity index is 897. The maximum absolute atomic E-state index is 12.6. The molecule has 5 nitrogen and oxygen atoms in total. The standard InChI is InChI=1S/C20H23N3O2/c1-5-19-22-17-12-15(8-11-18(17)23(19)3)20(24)21-13(2)14-6-9-16(25-4)10-7-14/h6-13H,5H2,1-4H3,(H,21,24)/t13-/m1/s1. The van der Waals surface area contributed by atoms with Gasteiger partial charge in [0.15, 0.2) is 0 Å². The summed E-state index contributed by atoms with van der Waals surface area (Å²) in [5, 5.41) is 3.04. The number of rotatable bonds is 5. The number of nitrogens with one attached hydrogen (secondary N) is 1. The van der Waals surface area contributed by atoms with Crippen LogP contribution in [-0.2, 0) is 13.5 Å². The highest BCUT2D eigenvalue weighted by Crippen LogP contribution is 2.20. The van der Waals surface area contributed by atoms with Crippen LogP contribution in [0.2, 0.25) is 0 Å². The summed E-state index contributed by atoms with van der Waals surface area (Å²) in [5.41, 5.74) is 3.54. The number of aryl methyl sites for hydroxylation is 2. The number of carbonyl (C=O) groups is 1. The molecule has 5 heteroatoms. The van der Waals surface area contributed by atoms with Crippen molar-refractivity contribution in [3.63, 3.8) is 0 Å². The van der Waals surface area contributed by atoms with E-state index in [4.69, 9.17) is 4.74 Å². The summed E-state index contributed by atoms with van der Waals surface area (Å²) in [4.78, 5) is 17.2. The summed E-state index contributed by atoms with van der Waals surface area (Å²) in [6, 6.07) is 13.3. The second-order valence-electron chi connectivity index (χ2n) is 6.11. The summed E-state index contributed by atoms with van der Waals surface area (Å²) >= 11 is 0. The van der Waals surface area contributed by atoms with Crippen molar-refractivity contribution in [2.45, 2.75) is 26.3 Å². The van der Waals surface area contributed by atoms with Crippen LogP contribution in [0, 0.1) is 0 Å². The largest absolute Gasteiger partial charge is 0.497 e. The molecule has 1 atom stereocenters. The first kappa shape index (κ1) is 17.0. The van der Waals surface area contributed by atoms with Crippen molar-refractivity contribution < 1.29 is 9.53 Å². The van der Waals surface area contributed by atoms with Gasteiger partial charge >= 0.3 is 0 Å². The highest BCUT2D eigenvalue weighted by molar-refractivity contribution is 5.97. The molecule has 0 aliphatic carbocycles. The van der Waals surface area contributed by atoms with Gasteiger partial charge < -0.3 is 14.6 Å². The number of fused-ring (bicyclic) bond motifs is 1. The second-order valence-corrected chi connectivity index (χ2v) is 6.11. The van der Waals surface area contributed by atoms with Gasteiger partial charge in [0.1, 0.15) is 11.6 Å². The average Bonchev–Trinajstić information content (AvgIpc) is 2.97. The van der Waals surface area contributed by atoms with Crippen molar-refractivity contribution in [3.8, 4) is 5.75 Å². The Morgan fingerprint density at radius 2 is 1.96 bits per heavy atom. The Labute approximate surface area is 147 Å². The maximum Gasteiger partial charge on any atom is 0.251 e. The van der Waals surface area contributed by atoms with E-state index in [0.717, 1.165) is 34.6 Å². The van der Waals surface area contributed by atoms with Crippen LogP contribution in [0.5, 0.6) is 5.75 Å². The lowest BCUT2D eigenvalue weighted by atomic mass is 10.1. The molecule has 0 aliphatic rings. The number of hydrogen-bond acceptors (Lipinski definition) is 3. The number of nitrogens with zero attached hydrogens (tertiary/aromatic N) is 2. The fourth-order valence-electron chi connectivity index (χ4n) is 2.96. The summed E-state index contributed by atoms with van der Waals surface area (Å²) < 4.78 is 7.23. The van der Waals surface area contributed by atoms with Gasteiger partial charge in [0.05, 0.1) is 24.2 Å². The first-order valence-corrected chi connectivity index (χ1v) is 8.43. The fourth-order valence-corrected chi connectivity index (χ4v) is 2.96. The van der Waals surface area contributed by atoms with Crippen LogP contribution in [0.3, 0.4) is 0 Å². The molecule has 0 unspecified atom stereocenters. The molecule has 1 N–H and O–H groups in total. The van der Waals surface area contributed by atoms with Crippen molar-refractivity contribution in [1.82, 2.24) is 14.9 Å². The minimum atomic E-state index is -0.103. The van der Waals surface area contributed by atoms with E-state index in [1.54, 1.807) is 7.11 Å². The van der Waals surface area contributed by atoms with Crippen LogP contribution in [0.4, 0.5) is 0 Å². The van der Waals surface area contributed by atoms with Crippen LogP contribution in [0.25, 0.3) is 11.0 Å². The SMILES string of the molecule is CCc1nc2cc(C(=O)N[C@H](C)c3ccc(OC)cc3)ccc2n1C. The normalized spacial score (nSPS) is 12.2. The quantitative estimate of drug-likeness (QED) is 0.773. The number of methoxy groups -OCH3 is 1. The fraction of sp³-hybridized carbons (Fsp3) is 0.300. The summed E-state index contributed by atoms with van der Waals surface area (Å²) in [5.74, 6) is 1.71. The van der Waals surface area contributed by atoms with Crippen molar-refractivity contribution in [2.75, 3.05) is 7.11 Å².